The fraction of sp³-hybridized carbons (Fsp3) is 0.176. The van der Waals surface area contributed by atoms with E-state index in [4.69, 9.17) is 10.8 Å². The number of nitrogens with two attached hydrogens (primary N) is 1. The Bertz CT molecular complexity index is 825. The van der Waals surface area contributed by atoms with Gasteiger partial charge in [0.25, 0.3) is 0 Å². The third-order valence-corrected chi connectivity index (χ3v) is 3.64. The largest absolute Gasteiger partial charge is 0.480 e. The fourth-order valence-electron chi connectivity index (χ4n) is 2.52. The Morgan fingerprint density at radius 2 is 2.00 bits per heavy atom. The van der Waals surface area contributed by atoms with Crippen LogP contribution >= 0.6 is 0 Å². The smallest absolute Gasteiger partial charge is 0.320 e. The molecule has 0 spiro atoms. The van der Waals surface area contributed by atoms with Crippen LogP contribution in [0.4, 0.5) is 0 Å². The molecule has 112 valence electrons. The molecule has 0 radical (unpaired) electrons. The lowest BCUT2D eigenvalue weighted by Gasteiger charge is -2.09. The van der Waals surface area contributed by atoms with Gasteiger partial charge in [-0.25, -0.2) is 4.98 Å². The summed E-state index contributed by atoms with van der Waals surface area (Å²) in [6.45, 7) is 1.99. The van der Waals surface area contributed by atoms with Crippen molar-refractivity contribution in [2.45, 2.75) is 19.4 Å². The summed E-state index contributed by atoms with van der Waals surface area (Å²) in [6.07, 6.45) is 2.18. The molecule has 2 aromatic heterocycles. The highest BCUT2D eigenvalue weighted by Crippen LogP contribution is 2.25. The molecule has 3 aromatic rings. The van der Waals surface area contributed by atoms with Crippen molar-refractivity contribution < 1.29 is 9.90 Å². The first-order valence-electron chi connectivity index (χ1n) is 7.07. The van der Waals surface area contributed by atoms with Gasteiger partial charge in [0.2, 0.25) is 0 Å². The molecule has 0 fully saturated rings. The third kappa shape index (κ3) is 2.58. The number of imidazole rings is 1. The maximum Gasteiger partial charge on any atom is 0.320 e. The molecule has 22 heavy (non-hydrogen) atoms. The number of rotatable bonds is 4. The summed E-state index contributed by atoms with van der Waals surface area (Å²) in [5.41, 5.74) is 10.2. The number of fused-ring (bicyclic) bond motifs is 1. The molecular formula is C17H17N3O2. The number of nitrogens with zero attached hydrogens (tertiary/aromatic N) is 2. The fourth-order valence-corrected chi connectivity index (χ4v) is 2.52. The molecule has 0 aliphatic rings. The van der Waals surface area contributed by atoms with Crippen molar-refractivity contribution in [2.75, 3.05) is 0 Å². The van der Waals surface area contributed by atoms with E-state index >= 15 is 0 Å². The summed E-state index contributed by atoms with van der Waals surface area (Å²) in [4.78, 5) is 15.8. The van der Waals surface area contributed by atoms with E-state index in [0.29, 0.717) is 0 Å². The molecule has 1 atom stereocenters. The van der Waals surface area contributed by atoms with Gasteiger partial charge in [-0.2, -0.15) is 0 Å². The molecule has 0 aliphatic heterocycles. The van der Waals surface area contributed by atoms with Gasteiger partial charge < -0.3 is 15.2 Å². The first-order chi connectivity index (χ1) is 10.6. The number of benzene rings is 1. The Kier molecular flexibility index (Phi) is 3.65. The molecular weight excluding hydrogens is 278 g/mol. The molecule has 1 aromatic carbocycles. The number of carbonyl (C=O) groups is 1. The normalized spacial score (nSPS) is 12.5. The zero-order valence-corrected chi connectivity index (χ0v) is 12.2. The van der Waals surface area contributed by atoms with E-state index in [1.54, 1.807) is 0 Å². The highest BCUT2D eigenvalue weighted by molar-refractivity contribution is 5.75. The van der Waals surface area contributed by atoms with Gasteiger partial charge in [0.1, 0.15) is 11.7 Å². The predicted octanol–water partition coefficient (Wildman–Crippen LogP) is 2.26. The second-order valence-electron chi connectivity index (χ2n) is 5.36. The monoisotopic (exact) mass is 295 g/mol. The Morgan fingerprint density at radius 3 is 2.68 bits per heavy atom. The second kappa shape index (κ2) is 5.61. The second-order valence-corrected chi connectivity index (χ2v) is 5.36. The van der Waals surface area contributed by atoms with Crippen molar-refractivity contribution in [3.8, 4) is 11.3 Å². The zero-order chi connectivity index (χ0) is 15.7. The van der Waals surface area contributed by atoms with Crippen LogP contribution in [0.2, 0.25) is 0 Å². The van der Waals surface area contributed by atoms with Crippen molar-refractivity contribution in [3.05, 3.63) is 59.9 Å². The van der Waals surface area contributed by atoms with Gasteiger partial charge in [-0.05, 0) is 18.6 Å². The van der Waals surface area contributed by atoms with Crippen LogP contribution in [0.1, 0.15) is 11.3 Å². The third-order valence-electron chi connectivity index (χ3n) is 3.64. The predicted molar refractivity (Wildman–Crippen MR) is 84.7 cm³/mol. The van der Waals surface area contributed by atoms with Crippen LogP contribution in [-0.4, -0.2) is 26.5 Å². The first kappa shape index (κ1) is 14.3. The van der Waals surface area contributed by atoms with Gasteiger partial charge in [-0.1, -0.05) is 36.4 Å². The summed E-state index contributed by atoms with van der Waals surface area (Å²) in [5.74, 6) is -1.01. The average Bonchev–Trinajstić information content (AvgIpc) is 2.86. The quantitative estimate of drug-likeness (QED) is 0.773. The van der Waals surface area contributed by atoms with Crippen LogP contribution in [0.25, 0.3) is 16.9 Å². The molecule has 5 heteroatoms. The molecule has 0 aliphatic carbocycles. The van der Waals surface area contributed by atoms with Crippen LogP contribution in [0.5, 0.6) is 0 Å². The number of aliphatic carboxylic acids is 1. The maximum atomic E-state index is 11.1. The van der Waals surface area contributed by atoms with Gasteiger partial charge in [0.05, 0.1) is 11.4 Å². The highest BCUT2D eigenvalue weighted by atomic mass is 16.4. The standard InChI is InChI=1S/C17H17N3O2/c1-11-7-8-15-19-16(12-5-3-2-4-6-12)14(20(15)10-11)9-13(18)17(21)22/h2-8,10,13H,9,18H2,1H3,(H,21,22). The summed E-state index contributed by atoms with van der Waals surface area (Å²) in [5, 5.41) is 9.11. The first-order valence-corrected chi connectivity index (χ1v) is 7.07. The Labute approximate surface area is 128 Å². The maximum absolute atomic E-state index is 11.1. The van der Waals surface area contributed by atoms with Gasteiger partial charge in [-0.15, -0.1) is 0 Å². The van der Waals surface area contributed by atoms with E-state index in [9.17, 15) is 4.79 Å². The van der Waals surface area contributed by atoms with Crippen LogP contribution in [-0.2, 0) is 11.2 Å². The van der Waals surface area contributed by atoms with Gasteiger partial charge in [0, 0.05) is 18.2 Å². The lowest BCUT2D eigenvalue weighted by atomic mass is 10.1. The van der Waals surface area contributed by atoms with Crippen LogP contribution in [0, 0.1) is 6.92 Å². The van der Waals surface area contributed by atoms with Crippen molar-refractivity contribution in [1.29, 1.82) is 0 Å². The molecule has 3 rings (SSSR count). The lowest BCUT2D eigenvalue weighted by molar-refractivity contribution is -0.138. The molecule has 5 nitrogen and oxygen atoms in total. The molecule has 3 N–H and O–H groups in total. The zero-order valence-electron chi connectivity index (χ0n) is 12.2. The Hall–Kier alpha value is -2.66. The van der Waals surface area contributed by atoms with Crippen molar-refractivity contribution >= 4 is 11.6 Å². The van der Waals surface area contributed by atoms with E-state index in [1.165, 1.54) is 0 Å². The molecule has 2 heterocycles. The van der Waals surface area contributed by atoms with E-state index in [1.807, 2.05) is 60.0 Å². The average molecular weight is 295 g/mol. The van der Waals surface area contributed by atoms with Gasteiger partial charge in [-0.3, -0.25) is 4.79 Å². The van der Waals surface area contributed by atoms with Crippen LogP contribution in [0.3, 0.4) is 0 Å². The number of aryl methyl sites for hydroxylation is 1. The van der Waals surface area contributed by atoms with Crippen molar-refractivity contribution in [3.63, 3.8) is 0 Å². The van der Waals surface area contributed by atoms with Gasteiger partial charge >= 0.3 is 5.97 Å². The van der Waals surface area contributed by atoms with E-state index < -0.39 is 12.0 Å². The highest BCUT2D eigenvalue weighted by Gasteiger charge is 2.20. The van der Waals surface area contributed by atoms with Crippen molar-refractivity contribution in [2.24, 2.45) is 5.73 Å². The number of hydrogen-bond donors (Lipinski definition) is 2. The Balaban J connectivity index is 2.20. The molecule has 1 unspecified atom stereocenters. The summed E-state index contributed by atoms with van der Waals surface area (Å²) < 4.78 is 1.93. The molecule has 0 bridgehead atoms. The molecule has 0 saturated carbocycles. The minimum absolute atomic E-state index is 0.226. The van der Waals surface area contributed by atoms with Crippen molar-refractivity contribution in [1.82, 2.24) is 9.38 Å². The summed E-state index contributed by atoms with van der Waals surface area (Å²) in [7, 11) is 0. The lowest BCUT2D eigenvalue weighted by Crippen LogP contribution is -2.32. The van der Waals surface area contributed by atoms with Gasteiger partial charge in [0.15, 0.2) is 0 Å². The SMILES string of the molecule is Cc1ccc2nc(-c3ccccc3)c(CC(N)C(=O)O)n2c1. The summed E-state index contributed by atoms with van der Waals surface area (Å²) in [6, 6.07) is 12.7. The van der Waals surface area contributed by atoms with E-state index in [-0.39, 0.29) is 6.42 Å². The van der Waals surface area contributed by atoms with Crippen LogP contribution in [0.15, 0.2) is 48.7 Å². The minimum Gasteiger partial charge on any atom is -0.480 e. The Morgan fingerprint density at radius 1 is 1.27 bits per heavy atom. The minimum atomic E-state index is -1.01. The topological polar surface area (TPSA) is 80.6 Å². The van der Waals surface area contributed by atoms with E-state index in [0.717, 1.165) is 28.2 Å². The molecule has 0 saturated heterocycles. The number of carboxylic acid groups (broad SMARTS) is 1. The number of aromatic nitrogens is 2. The molecule has 0 amide bonds. The number of carboxylic acids is 1. The van der Waals surface area contributed by atoms with E-state index in [2.05, 4.69) is 4.98 Å². The number of hydrogen-bond acceptors (Lipinski definition) is 3. The van der Waals surface area contributed by atoms with Crippen LogP contribution < -0.4 is 5.73 Å². The number of pyridine rings is 1. The summed E-state index contributed by atoms with van der Waals surface area (Å²) >= 11 is 0.